The Kier molecular flexibility index (Phi) is 6.23. The molecule has 4 rings (SSSR count). The van der Waals surface area contributed by atoms with Gasteiger partial charge in [-0.1, -0.05) is 11.3 Å². The molecule has 1 fully saturated rings. The van der Waals surface area contributed by atoms with Gasteiger partial charge in [-0.25, -0.2) is 4.98 Å². The molecule has 2 aromatic carbocycles. The van der Waals surface area contributed by atoms with Crippen molar-refractivity contribution < 1.29 is 4.79 Å². The average Bonchev–Trinajstić information content (AvgIpc) is 3.20. The third-order valence-electron chi connectivity index (χ3n) is 5.85. The molecule has 0 bridgehead atoms. The predicted octanol–water partition coefficient (Wildman–Crippen LogP) is 5.69. The van der Waals surface area contributed by atoms with E-state index in [1.807, 2.05) is 31.2 Å². The van der Waals surface area contributed by atoms with Gasteiger partial charge in [0.15, 0.2) is 5.13 Å². The third kappa shape index (κ3) is 4.29. The quantitative estimate of drug-likeness (QED) is 0.554. The number of fused-ring (bicyclic) bond motifs is 1. The maximum atomic E-state index is 12.9. The monoisotopic (exact) mass is 422 g/mol. The number of nitrogens with one attached hydrogen (secondary N) is 1. The lowest BCUT2D eigenvalue weighted by Gasteiger charge is -2.25. The van der Waals surface area contributed by atoms with E-state index in [0.717, 1.165) is 52.8 Å². The molecule has 2 heterocycles. The minimum Gasteiger partial charge on any atom is -0.372 e. The number of amides is 1. The van der Waals surface area contributed by atoms with E-state index in [1.165, 1.54) is 24.9 Å². The van der Waals surface area contributed by atoms with Crippen molar-refractivity contribution in [2.45, 2.75) is 40.0 Å². The first-order valence-corrected chi connectivity index (χ1v) is 11.7. The lowest BCUT2D eigenvalue weighted by Crippen LogP contribution is -2.29. The van der Waals surface area contributed by atoms with E-state index in [4.69, 9.17) is 4.98 Å². The Morgan fingerprint density at radius 1 is 1.10 bits per heavy atom. The van der Waals surface area contributed by atoms with Gasteiger partial charge in [0.2, 0.25) is 0 Å². The van der Waals surface area contributed by atoms with Gasteiger partial charge in [0.05, 0.1) is 10.2 Å². The van der Waals surface area contributed by atoms with Crippen LogP contribution in [0.1, 0.15) is 49.0 Å². The van der Waals surface area contributed by atoms with Crippen LogP contribution in [0.2, 0.25) is 0 Å². The van der Waals surface area contributed by atoms with Gasteiger partial charge >= 0.3 is 0 Å². The maximum Gasteiger partial charge on any atom is 0.255 e. The number of carbonyl (C=O) groups excluding carboxylic acids is 1. The van der Waals surface area contributed by atoms with Crippen LogP contribution in [0.15, 0.2) is 36.4 Å². The van der Waals surface area contributed by atoms with Gasteiger partial charge in [-0.2, -0.15) is 0 Å². The Morgan fingerprint density at radius 2 is 1.87 bits per heavy atom. The van der Waals surface area contributed by atoms with Gasteiger partial charge in [0, 0.05) is 43.1 Å². The zero-order valence-corrected chi connectivity index (χ0v) is 18.9. The summed E-state index contributed by atoms with van der Waals surface area (Å²) in [6.45, 7) is 10.4. The van der Waals surface area contributed by atoms with Crippen molar-refractivity contribution in [3.63, 3.8) is 0 Å². The highest BCUT2D eigenvalue weighted by atomic mass is 32.1. The molecule has 0 aliphatic carbocycles. The van der Waals surface area contributed by atoms with Crippen LogP contribution in [0.4, 0.5) is 16.5 Å². The highest BCUT2D eigenvalue weighted by molar-refractivity contribution is 7.22. The van der Waals surface area contributed by atoms with Crippen LogP contribution in [0.25, 0.3) is 10.2 Å². The number of hydrogen-bond donors (Lipinski definition) is 1. The van der Waals surface area contributed by atoms with Crippen LogP contribution in [0, 0.1) is 6.92 Å². The molecular formula is C24H30N4OS. The number of nitrogens with zero attached hydrogens (tertiary/aromatic N) is 3. The molecule has 0 unspecified atom stereocenters. The lowest BCUT2D eigenvalue weighted by molar-refractivity contribution is 0.102. The van der Waals surface area contributed by atoms with E-state index < -0.39 is 0 Å². The Morgan fingerprint density at radius 3 is 2.57 bits per heavy atom. The van der Waals surface area contributed by atoms with Crippen molar-refractivity contribution in [3.8, 4) is 0 Å². The fourth-order valence-corrected chi connectivity index (χ4v) is 5.10. The number of benzene rings is 2. The Labute approximate surface area is 182 Å². The van der Waals surface area contributed by atoms with E-state index in [2.05, 4.69) is 41.1 Å². The summed E-state index contributed by atoms with van der Waals surface area (Å²) in [5, 5.41) is 4.15. The normalized spacial score (nSPS) is 14.2. The second-order valence-corrected chi connectivity index (χ2v) is 8.86. The molecule has 1 saturated heterocycles. The first-order chi connectivity index (χ1) is 14.6. The number of thiazole rings is 1. The fraction of sp³-hybridized carbons (Fsp3) is 0.417. The highest BCUT2D eigenvalue weighted by Gasteiger charge is 2.16. The van der Waals surface area contributed by atoms with Crippen LogP contribution in [0.3, 0.4) is 0 Å². The first kappa shape index (κ1) is 20.7. The Balaban J connectivity index is 1.51. The summed E-state index contributed by atoms with van der Waals surface area (Å²) in [7, 11) is 0. The molecule has 6 heteroatoms. The van der Waals surface area contributed by atoms with Gasteiger partial charge in [-0.15, -0.1) is 0 Å². The van der Waals surface area contributed by atoms with Crippen molar-refractivity contribution in [2.75, 3.05) is 41.3 Å². The summed E-state index contributed by atoms with van der Waals surface area (Å²) in [6.07, 6.45) is 3.77. The van der Waals surface area contributed by atoms with Crippen LogP contribution in [-0.4, -0.2) is 37.1 Å². The molecule has 0 saturated carbocycles. The van der Waals surface area contributed by atoms with Gasteiger partial charge in [-0.3, -0.25) is 4.79 Å². The first-order valence-electron chi connectivity index (χ1n) is 10.9. The standard InChI is InChI=1S/C24H30N4OS/c1-4-27(5-2)19-10-12-20(17(3)15-19)25-23(29)18-9-11-21-22(16-18)30-24(26-21)28-13-7-6-8-14-28/h9-12,15-16H,4-8,13-14H2,1-3H3,(H,25,29). The van der Waals surface area contributed by atoms with E-state index in [9.17, 15) is 4.79 Å². The zero-order chi connectivity index (χ0) is 21.1. The van der Waals surface area contributed by atoms with Crippen LogP contribution >= 0.6 is 11.3 Å². The van der Waals surface area contributed by atoms with Gasteiger partial charge in [0.25, 0.3) is 5.91 Å². The summed E-state index contributed by atoms with van der Waals surface area (Å²) >= 11 is 1.68. The molecule has 0 radical (unpaired) electrons. The molecule has 1 aliphatic heterocycles. The molecule has 0 atom stereocenters. The molecule has 1 aliphatic rings. The molecule has 1 amide bonds. The SMILES string of the molecule is CCN(CC)c1ccc(NC(=O)c2ccc3nc(N4CCCCC4)sc3c2)c(C)c1. The molecule has 158 valence electrons. The highest BCUT2D eigenvalue weighted by Crippen LogP contribution is 2.31. The molecule has 1 N–H and O–H groups in total. The summed E-state index contributed by atoms with van der Waals surface area (Å²) in [5.74, 6) is -0.0801. The number of hydrogen-bond acceptors (Lipinski definition) is 5. The van der Waals surface area contributed by atoms with Gasteiger partial charge in [-0.05, 0) is 82.0 Å². The van der Waals surface area contributed by atoms with E-state index >= 15 is 0 Å². The van der Waals surface area contributed by atoms with Crippen molar-refractivity contribution in [1.29, 1.82) is 0 Å². The number of anilines is 3. The maximum absolute atomic E-state index is 12.9. The number of aromatic nitrogens is 1. The summed E-state index contributed by atoms with van der Waals surface area (Å²) in [4.78, 5) is 22.4. The van der Waals surface area contributed by atoms with Crippen molar-refractivity contribution in [2.24, 2.45) is 0 Å². The largest absolute Gasteiger partial charge is 0.372 e. The van der Waals surface area contributed by atoms with Crippen LogP contribution < -0.4 is 15.1 Å². The van der Waals surface area contributed by atoms with Gasteiger partial charge in [0.1, 0.15) is 0 Å². The molecular weight excluding hydrogens is 392 g/mol. The van der Waals surface area contributed by atoms with Crippen LogP contribution in [-0.2, 0) is 0 Å². The third-order valence-corrected chi connectivity index (χ3v) is 6.93. The molecule has 5 nitrogen and oxygen atoms in total. The van der Waals surface area contributed by atoms with E-state index in [1.54, 1.807) is 11.3 Å². The number of rotatable bonds is 6. The Bertz CT molecular complexity index is 1030. The second kappa shape index (κ2) is 9.04. The number of piperidine rings is 1. The van der Waals surface area contributed by atoms with Crippen molar-refractivity contribution in [1.82, 2.24) is 4.98 Å². The fourth-order valence-electron chi connectivity index (χ4n) is 4.04. The van der Waals surface area contributed by atoms with Crippen molar-refractivity contribution in [3.05, 3.63) is 47.5 Å². The second-order valence-electron chi connectivity index (χ2n) is 7.85. The molecule has 1 aromatic heterocycles. The number of carbonyl (C=O) groups is 1. The minimum atomic E-state index is -0.0801. The van der Waals surface area contributed by atoms with Crippen molar-refractivity contribution >= 4 is 44.0 Å². The van der Waals surface area contributed by atoms with Gasteiger partial charge < -0.3 is 15.1 Å². The van der Waals surface area contributed by atoms with E-state index in [0.29, 0.717) is 5.56 Å². The van der Waals surface area contributed by atoms with Crippen LogP contribution in [0.5, 0.6) is 0 Å². The molecule has 3 aromatic rings. The molecule has 30 heavy (non-hydrogen) atoms. The Hall–Kier alpha value is -2.60. The molecule has 0 spiro atoms. The summed E-state index contributed by atoms with van der Waals surface area (Å²) in [5.41, 5.74) is 4.75. The minimum absolute atomic E-state index is 0.0801. The van der Waals surface area contributed by atoms with E-state index in [-0.39, 0.29) is 5.91 Å². The lowest BCUT2D eigenvalue weighted by atomic mass is 10.1. The summed E-state index contributed by atoms with van der Waals surface area (Å²) in [6, 6.07) is 12.0. The zero-order valence-electron chi connectivity index (χ0n) is 18.1. The smallest absolute Gasteiger partial charge is 0.255 e. The number of aryl methyl sites for hydroxylation is 1. The predicted molar refractivity (Wildman–Crippen MR) is 128 cm³/mol. The average molecular weight is 423 g/mol. The summed E-state index contributed by atoms with van der Waals surface area (Å²) < 4.78 is 1.07. The topological polar surface area (TPSA) is 48.5 Å².